The summed E-state index contributed by atoms with van der Waals surface area (Å²) in [7, 11) is 0. The summed E-state index contributed by atoms with van der Waals surface area (Å²) in [5.41, 5.74) is 7.37. The third-order valence-electron chi connectivity index (χ3n) is 21.7. The minimum absolute atomic E-state index is 0.742. The second kappa shape index (κ2) is 71.7. The number of hydrogen-bond acceptors (Lipinski definition) is 12. The Morgan fingerprint density at radius 3 is 0.871 bits per heavy atom. The highest BCUT2D eigenvalue weighted by Gasteiger charge is 2.20. The minimum Gasteiger partial charge on any atom is -0.252 e. The summed E-state index contributed by atoms with van der Waals surface area (Å²) in [6.45, 7) is 61.9. The first-order valence-corrected chi connectivity index (χ1v) is 48.9. The van der Waals surface area contributed by atoms with Crippen LogP contribution in [0, 0.1) is 71.0 Å². The molecular weight excluding hydrogens is 1430 g/mol. The predicted molar refractivity (Wildman–Crippen MR) is 497 cm³/mol. The van der Waals surface area contributed by atoms with Gasteiger partial charge in [-0.1, -0.05) is 353 Å². The molecular formula is C98H191N18+. The van der Waals surface area contributed by atoms with Crippen molar-refractivity contribution in [2.45, 2.75) is 481 Å². The van der Waals surface area contributed by atoms with Crippen LogP contribution in [0.15, 0.2) is 41.3 Å². The van der Waals surface area contributed by atoms with Gasteiger partial charge in [0.15, 0.2) is 5.71 Å². The molecule has 0 saturated carbocycles. The van der Waals surface area contributed by atoms with Crippen LogP contribution in [0.25, 0.3) is 0 Å². The van der Waals surface area contributed by atoms with Gasteiger partial charge in [0, 0.05) is 69.0 Å². The molecule has 0 amide bonds. The molecule has 0 fully saturated rings. The van der Waals surface area contributed by atoms with Crippen molar-refractivity contribution in [3.8, 4) is 0 Å². The van der Waals surface area contributed by atoms with E-state index < -0.39 is 0 Å². The molecule has 0 N–H and O–H groups in total. The van der Waals surface area contributed by atoms with E-state index in [1.165, 1.54) is 262 Å². The zero-order valence-corrected chi connectivity index (χ0v) is 80.9. The Labute approximate surface area is 716 Å². The summed E-state index contributed by atoms with van der Waals surface area (Å²) in [6, 6.07) is 0. The fourth-order valence-electron chi connectivity index (χ4n) is 14.0. The quantitative estimate of drug-likeness (QED) is 0.0268. The highest BCUT2D eigenvalue weighted by molar-refractivity contribution is 5.82. The summed E-state index contributed by atoms with van der Waals surface area (Å²) < 4.78 is 12.3. The van der Waals surface area contributed by atoms with E-state index in [0.29, 0.717) is 0 Å². The van der Waals surface area contributed by atoms with Gasteiger partial charge in [-0.25, -0.2) is 4.68 Å². The standard InChI is InChI=1S/C17H34N3.C17H33N3.4C16H31N3/c1-15(2)10-6-5-9-13-20-17(14-18-19-20)12-8-7-11-16(3)4;1-15(2)10-6-5-7-12-17-14-18-19-20(17)13-9-8-11-16(3)4;2*1-14(2)9-6-5-7-12-19-13-16(17-18-19)11-8-10-15(3)4;2*1-14(2)9-7-5-6-8-12-19-13-16(17-18-19)11-10-15(3)4/h15-16H,5-14H2,1-4H3;14-16H,5-13H2,1-4H3;4*13-15H,5-12H2,1-4H3/q+1;;;;;. The van der Waals surface area contributed by atoms with Gasteiger partial charge >= 0.3 is 0 Å². The Morgan fingerprint density at radius 1 is 0.259 bits per heavy atom. The second-order valence-electron chi connectivity index (χ2n) is 39.8. The molecule has 5 aromatic rings. The Balaban J connectivity index is 0.000000696. The van der Waals surface area contributed by atoms with Crippen molar-refractivity contribution in [1.82, 2.24) is 75.0 Å². The summed E-state index contributed by atoms with van der Waals surface area (Å²) in [5, 5.41) is 50.6. The first kappa shape index (κ1) is 109. The minimum atomic E-state index is 0.742. The van der Waals surface area contributed by atoms with Crippen LogP contribution in [0.3, 0.4) is 0 Å². The van der Waals surface area contributed by atoms with Crippen molar-refractivity contribution in [2.24, 2.45) is 81.4 Å². The maximum atomic E-state index is 4.29. The van der Waals surface area contributed by atoms with Crippen LogP contribution in [0.1, 0.15) is 445 Å². The van der Waals surface area contributed by atoms with Crippen molar-refractivity contribution in [2.75, 3.05) is 13.1 Å². The molecule has 0 saturated heterocycles. The summed E-state index contributed by atoms with van der Waals surface area (Å²) >= 11 is 0. The molecule has 0 bridgehead atoms. The molecule has 0 unspecified atom stereocenters. The van der Waals surface area contributed by atoms with Gasteiger partial charge in [0.1, 0.15) is 11.8 Å². The van der Waals surface area contributed by atoms with Crippen LogP contribution < -0.4 is 0 Å². The zero-order valence-electron chi connectivity index (χ0n) is 80.9. The number of hydrogen-bond donors (Lipinski definition) is 0. The van der Waals surface area contributed by atoms with E-state index in [-0.39, 0.29) is 0 Å². The van der Waals surface area contributed by atoms with Crippen LogP contribution >= 0.6 is 0 Å². The van der Waals surface area contributed by atoms with Crippen LogP contribution in [0.5, 0.6) is 0 Å². The van der Waals surface area contributed by atoms with E-state index >= 15 is 0 Å². The van der Waals surface area contributed by atoms with E-state index in [0.717, 1.165) is 172 Å². The van der Waals surface area contributed by atoms with E-state index in [2.05, 4.69) is 262 Å². The number of aryl methyl sites for hydroxylation is 10. The third-order valence-corrected chi connectivity index (χ3v) is 21.7. The topological polar surface area (TPSA) is 181 Å². The first-order valence-electron chi connectivity index (χ1n) is 48.9. The number of nitrogens with zero attached hydrogens (tertiary/aromatic N) is 18. The average Bonchev–Trinajstić information content (AvgIpc) is 1.76. The normalized spacial score (nSPS) is 12.3. The van der Waals surface area contributed by atoms with Crippen molar-refractivity contribution < 1.29 is 4.68 Å². The van der Waals surface area contributed by atoms with Crippen molar-refractivity contribution >= 4 is 5.71 Å². The number of aromatic nitrogens is 15. The molecule has 0 atom stereocenters. The maximum absolute atomic E-state index is 4.29. The molecule has 1 aliphatic heterocycles. The van der Waals surface area contributed by atoms with Gasteiger partial charge in [0.2, 0.25) is 6.54 Å². The van der Waals surface area contributed by atoms with Crippen LogP contribution in [0.4, 0.5) is 0 Å². The Hall–Kier alpha value is -5.03. The van der Waals surface area contributed by atoms with Gasteiger partial charge in [-0.15, -0.1) is 30.2 Å². The summed E-state index contributed by atoms with van der Waals surface area (Å²) in [4.78, 5) is 0. The summed E-state index contributed by atoms with van der Waals surface area (Å²) in [5.74, 6) is 9.73. The third kappa shape index (κ3) is 67.7. The van der Waals surface area contributed by atoms with Gasteiger partial charge < -0.3 is 0 Å². The fraction of sp³-hybridized carbons (Fsp3) is 0.888. The molecule has 0 aromatic carbocycles. The van der Waals surface area contributed by atoms with Crippen LogP contribution in [0.2, 0.25) is 0 Å². The van der Waals surface area contributed by atoms with Crippen molar-refractivity contribution in [3.63, 3.8) is 0 Å². The van der Waals surface area contributed by atoms with E-state index in [1.54, 1.807) is 0 Å². The lowest BCUT2D eigenvalue weighted by molar-refractivity contribution is -0.537. The van der Waals surface area contributed by atoms with Crippen molar-refractivity contribution in [1.29, 1.82) is 0 Å². The SMILES string of the molecule is CC(C)CCCCCCn1cc(CCC(C)C)nn1.CC(C)CCCCCCn1cc(CCC(C)C)nn1.CC(C)CCCCC[N+]1=C(CCCCC(C)C)CN=N1.CC(C)CCCCCc1cnnn1CCCCC(C)C.CC(C)CCCCCn1cc(CCCC(C)C)nn1.CC(C)CCCCCn1cc(CCCC(C)C)nn1. The smallest absolute Gasteiger partial charge is 0.215 e. The largest absolute Gasteiger partial charge is 0.252 e. The molecule has 0 radical (unpaired) electrons. The van der Waals surface area contributed by atoms with Gasteiger partial charge in [0.25, 0.3) is 0 Å². The van der Waals surface area contributed by atoms with Crippen LogP contribution in [-0.2, 0) is 64.8 Å². The van der Waals surface area contributed by atoms with Gasteiger partial charge in [-0.3, -0.25) is 18.7 Å². The molecule has 0 spiro atoms. The number of unbranched alkanes of at least 4 members (excludes halogenated alkanes) is 16. The molecule has 1 aliphatic rings. The second-order valence-corrected chi connectivity index (χ2v) is 39.8. The summed E-state index contributed by atoms with van der Waals surface area (Å²) in [6.07, 6.45) is 66.6. The van der Waals surface area contributed by atoms with E-state index in [4.69, 9.17) is 0 Å². The van der Waals surface area contributed by atoms with Gasteiger partial charge in [-0.05, 0) is 187 Å². The monoisotopic (exact) mass is 1620 g/mol. The molecule has 5 aromatic heterocycles. The first-order chi connectivity index (χ1) is 55.5. The molecule has 6 rings (SSSR count). The number of rotatable bonds is 62. The predicted octanol–water partition coefficient (Wildman–Crippen LogP) is 28.0. The molecule has 18 nitrogen and oxygen atoms in total. The average molecular weight is 1620 g/mol. The lowest BCUT2D eigenvalue weighted by Crippen LogP contribution is -2.16. The van der Waals surface area contributed by atoms with Gasteiger partial charge in [0.05, 0.1) is 34.7 Å². The highest BCUT2D eigenvalue weighted by atomic mass is 15.5. The molecule has 6 heterocycles. The molecule has 18 heteroatoms. The van der Waals surface area contributed by atoms with E-state index in [9.17, 15) is 0 Å². The Morgan fingerprint density at radius 2 is 0.526 bits per heavy atom. The lowest BCUT2D eigenvalue weighted by atomic mass is 10.0. The van der Waals surface area contributed by atoms with Crippen molar-refractivity contribution in [3.05, 3.63) is 59.5 Å². The Kier molecular flexibility index (Phi) is 67.3. The van der Waals surface area contributed by atoms with E-state index in [1.807, 2.05) is 24.9 Å². The fourth-order valence-corrected chi connectivity index (χ4v) is 14.0. The Bertz CT molecular complexity index is 2870. The molecule has 672 valence electrons. The zero-order chi connectivity index (χ0) is 85.9. The lowest BCUT2D eigenvalue weighted by Gasteiger charge is -2.08. The van der Waals surface area contributed by atoms with Gasteiger partial charge in [-0.2, -0.15) is 0 Å². The molecule has 116 heavy (non-hydrogen) atoms. The maximum Gasteiger partial charge on any atom is 0.215 e. The molecule has 0 aliphatic carbocycles. The van der Waals surface area contributed by atoms with Crippen LogP contribution in [-0.4, -0.2) is 98.5 Å². The highest BCUT2D eigenvalue weighted by Crippen LogP contribution is 2.20.